The van der Waals surface area contributed by atoms with Crippen LogP contribution >= 0.6 is 0 Å². The summed E-state index contributed by atoms with van der Waals surface area (Å²) < 4.78 is 53.6. The van der Waals surface area contributed by atoms with Gasteiger partial charge in [0.05, 0.1) is 33.2 Å². The molecule has 0 spiro atoms. The van der Waals surface area contributed by atoms with Gasteiger partial charge in [0.2, 0.25) is 0 Å². The number of hydrogen-bond acceptors (Lipinski definition) is 6. The largest absolute Gasteiger partial charge is 0.382 e. The zero-order chi connectivity index (χ0) is 21.7. The third-order valence-electron chi connectivity index (χ3n) is 4.49. The Hall–Kier alpha value is -2.91. The molecule has 2 aromatic heterocycles. The number of carbonyl (C=O) groups is 1. The molecule has 1 aliphatic rings. The van der Waals surface area contributed by atoms with Gasteiger partial charge in [-0.25, -0.2) is 17.4 Å². The monoisotopic (exact) mass is 389 g/mol. The number of anilines is 2. The van der Waals surface area contributed by atoms with Gasteiger partial charge in [-0.1, -0.05) is 18.2 Å². The quantitative estimate of drug-likeness (QED) is 0.708. The van der Waals surface area contributed by atoms with E-state index in [4.69, 9.17) is 8.85 Å². The normalized spacial score (nSPS) is 21.5. The molecular formula is C18H18N4O4S. The van der Waals surface area contributed by atoms with Crippen molar-refractivity contribution < 1.29 is 22.1 Å². The minimum atomic E-state index is -3.88. The van der Waals surface area contributed by atoms with Gasteiger partial charge in [0, 0.05) is 18.6 Å². The van der Waals surface area contributed by atoms with Crippen molar-refractivity contribution in [2.75, 3.05) is 24.3 Å². The zero-order valence-electron chi connectivity index (χ0n) is 17.3. The molecule has 27 heavy (non-hydrogen) atoms. The standard InChI is InChI=1S/C18H18N4O4S/c1-18(11-26-2)17(23)20-14-10-19-16-13(15(14)21-18)8-9-22(16)27(24,25)12-6-4-3-5-7-12/h3-10,21H,11H2,1-2H3,(H,20,23)/t18-/m0/s1/i2D3. The second-order valence-electron chi connectivity index (χ2n) is 6.41. The first-order chi connectivity index (χ1) is 14.0. The summed E-state index contributed by atoms with van der Waals surface area (Å²) in [6.45, 7) is 1.09. The highest BCUT2D eigenvalue weighted by Crippen LogP contribution is 2.37. The van der Waals surface area contributed by atoms with E-state index in [1.54, 1.807) is 24.3 Å². The van der Waals surface area contributed by atoms with E-state index in [0.717, 1.165) is 3.97 Å². The summed E-state index contributed by atoms with van der Waals surface area (Å²) in [5, 5.41) is 6.13. The molecule has 1 amide bonds. The van der Waals surface area contributed by atoms with Crippen LogP contribution in [-0.2, 0) is 19.6 Å². The van der Waals surface area contributed by atoms with Gasteiger partial charge in [-0.05, 0) is 25.1 Å². The smallest absolute Gasteiger partial charge is 0.269 e. The Morgan fingerprint density at radius 2 is 2.07 bits per heavy atom. The Balaban J connectivity index is 1.78. The van der Waals surface area contributed by atoms with Gasteiger partial charge in [0.25, 0.3) is 15.9 Å². The molecule has 9 heteroatoms. The Kier molecular flexibility index (Phi) is 3.19. The van der Waals surface area contributed by atoms with Crippen molar-refractivity contribution >= 4 is 38.3 Å². The first-order valence-corrected chi connectivity index (χ1v) is 9.50. The molecule has 0 aliphatic carbocycles. The highest BCUT2D eigenvalue weighted by atomic mass is 32.2. The van der Waals surface area contributed by atoms with Crippen molar-refractivity contribution in [2.45, 2.75) is 17.4 Å². The van der Waals surface area contributed by atoms with Gasteiger partial charge in [0.1, 0.15) is 5.54 Å². The van der Waals surface area contributed by atoms with Gasteiger partial charge in [0.15, 0.2) is 5.65 Å². The molecule has 1 aromatic carbocycles. The van der Waals surface area contributed by atoms with Gasteiger partial charge in [-0.15, -0.1) is 0 Å². The molecule has 0 unspecified atom stereocenters. The van der Waals surface area contributed by atoms with Gasteiger partial charge < -0.3 is 15.4 Å². The van der Waals surface area contributed by atoms with E-state index in [2.05, 4.69) is 15.6 Å². The summed E-state index contributed by atoms with van der Waals surface area (Å²) in [5.74, 6) is -0.489. The average molecular weight is 389 g/mol. The molecule has 8 nitrogen and oxygen atoms in total. The van der Waals surface area contributed by atoms with E-state index in [1.165, 1.54) is 31.5 Å². The van der Waals surface area contributed by atoms with Crippen molar-refractivity contribution in [3.8, 4) is 0 Å². The highest BCUT2D eigenvalue weighted by molar-refractivity contribution is 7.90. The Morgan fingerprint density at radius 3 is 2.81 bits per heavy atom. The maximum Gasteiger partial charge on any atom is 0.269 e. The fourth-order valence-corrected chi connectivity index (χ4v) is 4.35. The fourth-order valence-electron chi connectivity index (χ4n) is 3.03. The van der Waals surface area contributed by atoms with Gasteiger partial charge in [-0.3, -0.25) is 4.79 Å². The van der Waals surface area contributed by atoms with Crippen LogP contribution in [0.5, 0.6) is 0 Å². The van der Waals surface area contributed by atoms with Crippen molar-refractivity contribution in [3.05, 3.63) is 48.8 Å². The minimum Gasteiger partial charge on any atom is -0.382 e. The maximum absolute atomic E-state index is 13.0. The minimum absolute atomic E-state index is 0.110. The topological polar surface area (TPSA) is 102 Å². The van der Waals surface area contributed by atoms with Crippen LogP contribution in [0.2, 0.25) is 0 Å². The summed E-state index contributed by atoms with van der Waals surface area (Å²) in [6.07, 6.45) is 2.73. The summed E-state index contributed by atoms with van der Waals surface area (Å²) in [6, 6.07) is 9.51. The molecule has 4 rings (SSSR count). The van der Waals surface area contributed by atoms with Crippen LogP contribution in [0, 0.1) is 0 Å². The average Bonchev–Trinajstić information content (AvgIpc) is 3.13. The summed E-state index contributed by atoms with van der Waals surface area (Å²) in [5.41, 5.74) is -0.428. The number of methoxy groups -OCH3 is 1. The molecule has 1 atom stereocenters. The van der Waals surface area contributed by atoms with Gasteiger partial charge >= 0.3 is 0 Å². The number of nitrogens with one attached hydrogen (secondary N) is 2. The molecule has 0 fully saturated rings. The number of rotatable bonds is 4. The van der Waals surface area contributed by atoms with Gasteiger partial charge in [-0.2, -0.15) is 0 Å². The number of ether oxygens (including phenoxy) is 1. The lowest BCUT2D eigenvalue weighted by atomic mass is 9.98. The van der Waals surface area contributed by atoms with Crippen molar-refractivity contribution in [1.29, 1.82) is 0 Å². The summed E-state index contributed by atoms with van der Waals surface area (Å²) in [7, 11) is -6.54. The number of aromatic nitrogens is 2. The molecule has 3 heterocycles. The highest BCUT2D eigenvalue weighted by Gasteiger charge is 2.39. The van der Waals surface area contributed by atoms with Crippen molar-refractivity contribution in [2.24, 2.45) is 0 Å². The number of benzene rings is 1. The van der Waals surface area contributed by atoms with Crippen LogP contribution < -0.4 is 10.6 Å². The molecule has 0 saturated carbocycles. The second-order valence-corrected chi connectivity index (χ2v) is 8.23. The molecule has 0 radical (unpaired) electrons. The number of hydrogen-bond donors (Lipinski definition) is 2. The Bertz CT molecular complexity index is 1240. The number of fused-ring (bicyclic) bond motifs is 3. The Morgan fingerprint density at radius 1 is 1.30 bits per heavy atom. The fraction of sp³-hybridized carbons (Fsp3) is 0.222. The molecule has 2 N–H and O–H groups in total. The van der Waals surface area contributed by atoms with E-state index in [9.17, 15) is 13.2 Å². The van der Waals surface area contributed by atoms with Crippen molar-refractivity contribution in [3.63, 3.8) is 0 Å². The summed E-state index contributed by atoms with van der Waals surface area (Å²) >= 11 is 0. The predicted molar refractivity (Wildman–Crippen MR) is 101 cm³/mol. The van der Waals surface area contributed by atoms with Crippen LogP contribution in [-0.4, -0.2) is 42.5 Å². The Labute approximate surface area is 160 Å². The van der Waals surface area contributed by atoms with Crippen LogP contribution in [0.1, 0.15) is 11.0 Å². The molecular weight excluding hydrogens is 368 g/mol. The lowest BCUT2D eigenvalue weighted by molar-refractivity contribution is -0.121. The molecule has 0 bridgehead atoms. The lowest BCUT2D eigenvalue weighted by Gasteiger charge is -2.35. The van der Waals surface area contributed by atoms with E-state index >= 15 is 0 Å². The van der Waals surface area contributed by atoms with Crippen LogP contribution in [0.15, 0.2) is 53.7 Å². The third-order valence-corrected chi connectivity index (χ3v) is 6.17. The van der Waals surface area contributed by atoms with Crippen LogP contribution in [0.25, 0.3) is 11.0 Å². The van der Waals surface area contributed by atoms with E-state index in [0.29, 0.717) is 16.8 Å². The zero-order valence-corrected chi connectivity index (χ0v) is 15.1. The number of nitrogens with zero attached hydrogens (tertiary/aromatic N) is 2. The molecule has 3 aromatic rings. The molecule has 0 saturated heterocycles. The lowest BCUT2D eigenvalue weighted by Crippen LogP contribution is -2.53. The number of carbonyl (C=O) groups excluding carboxylic acids is 1. The van der Waals surface area contributed by atoms with E-state index < -0.39 is 35.1 Å². The summed E-state index contributed by atoms with van der Waals surface area (Å²) in [4.78, 5) is 16.8. The van der Waals surface area contributed by atoms with Crippen LogP contribution in [0.3, 0.4) is 0 Å². The van der Waals surface area contributed by atoms with Crippen LogP contribution in [0.4, 0.5) is 11.4 Å². The SMILES string of the molecule is [2H]C([2H])([2H])OC[C@]1(C)Nc2c(cnc3c2ccn3S(=O)(=O)c2ccccc2)NC1=O. The number of pyridine rings is 1. The first kappa shape index (κ1) is 14.2. The van der Waals surface area contributed by atoms with E-state index in [-0.39, 0.29) is 10.5 Å². The third kappa shape index (κ3) is 2.66. The second kappa shape index (κ2) is 6.07. The molecule has 1 aliphatic heterocycles. The van der Waals surface area contributed by atoms with E-state index in [1.807, 2.05) is 0 Å². The first-order valence-electron chi connectivity index (χ1n) is 9.56. The predicted octanol–water partition coefficient (Wildman–Crippen LogP) is 2.04. The number of amides is 1. The maximum atomic E-state index is 13.0. The molecule has 140 valence electrons. The van der Waals surface area contributed by atoms with Crippen molar-refractivity contribution in [1.82, 2.24) is 8.96 Å².